The molecule has 0 aliphatic heterocycles. The quantitative estimate of drug-likeness (QED) is 0.811. The van der Waals surface area contributed by atoms with Gasteiger partial charge in [-0.3, -0.25) is 0 Å². The van der Waals surface area contributed by atoms with E-state index >= 15 is 0 Å². The molecule has 1 rings (SSSR count). The van der Waals surface area contributed by atoms with Crippen molar-refractivity contribution in [1.29, 1.82) is 0 Å². The van der Waals surface area contributed by atoms with E-state index in [0.29, 0.717) is 12.6 Å². The molecule has 1 fully saturated rings. The van der Waals surface area contributed by atoms with E-state index in [0.717, 1.165) is 18.8 Å². The van der Waals surface area contributed by atoms with Crippen LogP contribution in [0.2, 0.25) is 0 Å². The molecule has 18 heavy (non-hydrogen) atoms. The first-order chi connectivity index (χ1) is 8.31. The molecule has 4 heteroatoms. The zero-order valence-corrected chi connectivity index (χ0v) is 12.2. The lowest BCUT2D eigenvalue weighted by Crippen LogP contribution is -2.48. The fraction of sp³-hybridized carbons (Fsp3) is 0.929. The normalized spacial score (nSPS) is 24.7. The Hall–Kier alpha value is -0.770. The summed E-state index contributed by atoms with van der Waals surface area (Å²) in [4.78, 5) is 13.6. The minimum atomic E-state index is -0.843. The number of nitrogens with zero attached hydrogens (tertiary/aromatic N) is 1. The molecule has 0 bridgehead atoms. The zero-order chi connectivity index (χ0) is 13.8. The van der Waals surface area contributed by atoms with Crippen molar-refractivity contribution in [3.05, 3.63) is 0 Å². The van der Waals surface area contributed by atoms with Crippen LogP contribution in [0.1, 0.15) is 52.9 Å². The maximum Gasteiger partial charge on any atom is 0.317 e. The molecule has 106 valence electrons. The lowest BCUT2D eigenvalue weighted by molar-refractivity contribution is 0.0524. The van der Waals surface area contributed by atoms with Crippen molar-refractivity contribution in [3.8, 4) is 0 Å². The van der Waals surface area contributed by atoms with Crippen molar-refractivity contribution in [2.75, 3.05) is 13.6 Å². The Morgan fingerprint density at radius 2 is 2.11 bits per heavy atom. The fourth-order valence-corrected chi connectivity index (χ4v) is 2.73. The van der Waals surface area contributed by atoms with Crippen LogP contribution in [0.3, 0.4) is 0 Å². The average molecular weight is 256 g/mol. The van der Waals surface area contributed by atoms with E-state index in [4.69, 9.17) is 0 Å². The van der Waals surface area contributed by atoms with E-state index in [1.54, 1.807) is 25.8 Å². The first-order valence-corrected chi connectivity index (χ1v) is 7.06. The third-order valence-corrected chi connectivity index (χ3v) is 3.66. The Morgan fingerprint density at radius 3 is 2.67 bits per heavy atom. The van der Waals surface area contributed by atoms with E-state index in [-0.39, 0.29) is 6.03 Å². The van der Waals surface area contributed by atoms with Crippen LogP contribution in [0.4, 0.5) is 4.79 Å². The molecule has 0 saturated heterocycles. The van der Waals surface area contributed by atoms with E-state index in [2.05, 4.69) is 12.2 Å². The monoisotopic (exact) mass is 256 g/mol. The number of nitrogens with one attached hydrogen (secondary N) is 1. The molecule has 2 N–H and O–H groups in total. The summed E-state index contributed by atoms with van der Waals surface area (Å²) >= 11 is 0. The molecule has 1 aliphatic rings. The van der Waals surface area contributed by atoms with Gasteiger partial charge in [-0.1, -0.05) is 26.2 Å². The maximum absolute atomic E-state index is 12.0. The number of carbonyl (C=O) groups is 1. The molecule has 2 amide bonds. The standard InChI is InChI=1S/C14H28N2O2/c1-5-11-7-6-8-12(9-11)15-13(17)16(4)10-14(2,3)18/h11-12,18H,5-10H2,1-4H3,(H,15,17). The highest BCUT2D eigenvalue weighted by atomic mass is 16.3. The van der Waals surface area contributed by atoms with Crippen LogP contribution in [0.15, 0.2) is 0 Å². The second kappa shape index (κ2) is 6.41. The summed E-state index contributed by atoms with van der Waals surface area (Å²) in [6.07, 6.45) is 5.88. The van der Waals surface area contributed by atoms with Crippen molar-refractivity contribution in [2.45, 2.75) is 64.5 Å². The highest BCUT2D eigenvalue weighted by Crippen LogP contribution is 2.26. The van der Waals surface area contributed by atoms with Gasteiger partial charge < -0.3 is 15.3 Å². The number of likely N-dealkylation sites (N-methyl/N-ethyl adjacent to an activating group) is 1. The molecule has 0 radical (unpaired) electrons. The first kappa shape index (κ1) is 15.3. The van der Waals surface area contributed by atoms with Gasteiger partial charge in [-0.2, -0.15) is 0 Å². The number of urea groups is 1. The molecule has 2 atom stereocenters. The predicted octanol–water partition coefficient (Wildman–Crippen LogP) is 2.37. The van der Waals surface area contributed by atoms with E-state index in [1.165, 1.54) is 19.3 Å². The Bertz CT molecular complexity index is 273. The Kier molecular flexibility index (Phi) is 5.45. The van der Waals surface area contributed by atoms with Gasteiger partial charge in [0.05, 0.1) is 12.1 Å². The SMILES string of the molecule is CCC1CCCC(NC(=O)N(C)CC(C)(C)O)C1. The lowest BCUT2D eigenvalue weighted by atomic mass is 9.84. The average Bonchev–Trinajstić information content (AvgIpc) is 2.27. The number of amides is 2. The smallest absolute Gasteiger partial charge is 0.317 e. The van der Waals surface area contributed by atoms with Gasteiger partial charge in [0.2, 0.25) is 0 Å². The van der Waals surface area contributed by atoms with Crippen molar-refractivity contribution >= 4 is 6.03 Å². The van der Waals surface area contributed by atoms with Crippen molar-refractivity contribution in [2.24, 2.45) is 5.92 Å². The second-order valence-corrected chi connectivity index (χ2v) is 6.26. The van der Waals surface area contributed by atoms with Crippen LogP contribution >= 0.6 is 0 Å². The van der Waals surface area contributed by atoms with Gasteiger partial charge in [-0.25, -0.2) is 4.79 Å². The molecular formula is C14H28N2O2. The number of hydrogen-bond donors (Lipinski definition) is 2. The van der Waals surface area contributed by atoms with Gasteiger partial charge in [0, 0.05) is 13.1 Å². The molecular weight excluding hydrogens is 228 g/mol. The van der Waals surface area contributed by atoms with Gasteiger partial charge >= 0.3 is 6.03 Å². The number of rotatable bonds is 4. The summed E-state index contributed by atoms with van der Waals surface area (Å²) in [6.45, 7) is 5.99. The summed E-state index contributed by atoms with van der Waals surface area (Å²) in [5.74, 6) is 0.753. The molecule has 0 aromatic carbocycles. The fourth-order valence-electron chi connectivity index (χ4n) is 2.73. The van der Waals surface area contributed by atoms with Crippen molar-refractivity contribution in [3.63, 3.8) is 0 Å². The van der Waals surface area contributed by atoms with Crippen LogP contribution in [-0.4, -0.2) is 41.3 Å². The molecule has 0 aromatic rings. The Labute approximate surface area is 111 Å². The van der Waals surface area contributed by atoms with Crippen LogP contribution in [-0.2, 0) is 0 Å². The van der Waals surface area contributed by atoms with Gasteiger partial charge in [0.15, 0.2) is 0 Å². The van der Waals surface area contributed by atoms with Gasteiger partial charge in [-0.15, -0.1) is 0 Å². The van der Waals surface area contributed by atoms with Crippen LogP contribution in [0.25, 0.3) is 0 Å². The van der Waals surface area contributed by atoms with E-state index in [1.807, 2.05) is 0 Å². The summed E-state index contributed by atoms with van der Waals surface area (Å²) in [7, 11) is 1.73. The summed E-state index contributed by atoms with van der Waals surface area (Å²) < 4.78 is 0. The lowest BCUT2D eigenvalue weighted by Gasteiger charge is -2.32. The Balaban J connectivity index is 2.39. The highest BCUT2D eigenvalue weighted by molar-refractivity contribution is 5.74. The summed E-state index contributed by atoms with van der Waals surface area (Å²) in [5.41, 5.74) is -0.843. The van der Waals surface area contributed by atoms with Crippen LogP contribution in [0.5, 0.6) is 0 Å². The zero-order valence-electron chi connectivity index (χ0n) is 12.2. The van der Waals surface area contributed by atoms with E-state index < -0.39 is 5.60 Å². The highest BCUT2D eigenvalue weighted by Gasteiger charge is 2.25. The van der Waals surface area contributed by atoms with Crippen LogP contribution in [0, 0.1) is 5.92 Å². The first-order valence-electron chi connectivity index (χ1n) is 7.06. The maximum atomic E-state index is 12.0. The summed E-state index contributed by atoms with van der Waals surface area (Å²) in [6, 6.07) is 0.235. The molecule has 1 saturated carbocycles. The van der Waals surface area contributed by atoms with Crippen molar-refractivity contribution < 1.29 is 9.90 Å². The number of hydrogen-bond acceptors (Lipinski definition) is 2. The topological polar surface area (TPSA) is 52.6 Å². The predicted molar refractivity (Wildman–Crippen MR) is 73.5 cm³/mol. The third kappa shape index (κ3) is 5.25. The van der Waals surface area contributed by atoms with Gasteiger partial charge in [0.25, 0.3) is 0 Å². The molecule has 0 aromatic heterocycles. The third-order valence-electron chi connectivity index (χ3n) is 3.66. The number of carbonyl (C=O) groups excluding carboxylic acids is 1. The summed E-state index contributed by atoms with van der Waals surface area (Å²) in [5, 5.41) is 12.8. The second-order valence-electron chi connectivity index (χ2n) is 6.26. The van der Waals surface area contributed by atoms with Crippen LogP contribution < -0.4 is 5.32 Å². The molecule has 0 spiro atoms. The molecule has 2 unspecified atom stereocenters. The van der Waals surface area contributed by atoms with Gasteiger partial charge in [-0.05, 0) is 32.6 Å². The molecule has 4 nitrogen and oxygen atoms in total. The van der Waals surface area contributed by atoms with Crippen molar-refractivity contribution in [1.82, 2.24) is 10.2 Å². The largest absolute Gasteiger partial charge is 0.389 e. The van der Waals surface area contributed by atoms with Gasteiger partial charge in [0.1, 0.15) is 0 Å². The molecule has 0 heterocycles. The number of aliphatic hydroxyl groups is 1. The minimum absolute atomic E-state index is 0.0705. The minimum Gasteiger partial charge on any atom is -0.389 e. The Morgan fingerprint density at radius 1 is 1.44 bits per heavy atom. The van der Waals surface area contributed by atoms with E-state index in [9.17, 15) is 9.90 Å². The molecule has 1 aliphatic carbocycles.